The number of carbonyl (C=O) groups is 1. The van der Waals surface area contributed by atoms with E-state index in [2.05, 4.69) is 20.5 Å². The van der Waals surface area contributed by atoms with Gasteiger partial charge in [0, 0.05) is 24.8 Å². The molecule has 1 heterocycles. The highest BCUT2D eigenvalue weighted by Crippen LogP contribution is 2.10. The number of benzene rings is 1. The fourth-order valence-electron chi connectivity index (χ4n) is 1.60. The van der Waals surface area contributed by atoms with Crippen molar-refractivity contribution in [3.63, 3.8) is 0 Å². The number of sulfone groups is 1. The molecule has 106 valence electrons. The van der Waals surface area contributed by atoms with Gasteiger partial charge in [0.2, 0.25) is 0 Å². The zero-order valence-corrected chi connectivity index (χ0v) is 11.6. The van der Waals surface area contributed by atoms with Gasteiger partial charge in [0.25, 0.3) is 5.91 Å². The molecule has 0 saturated carbocycles. The van der Waals surface area contributed by atoms with Crippen molar-refractivity contribution in [2.75, 3.05) is 12.8 Å². The van der Waals surface area contributed by atoms with Crippen molar-refractivity contribution in [3.05, 3.63) is 42.0 Å². The van der Waals surface area contributed by atoms with Crippen molar-refractivity contribution < 1.29 is 13.2 Å². The average Bonchev–Trinajstić information content (AvgIpc) is 2.91. The lowest BCUT2D eigenvalue weighted by Crippen LogP contribution is -2.25. The van der Waals surface area contributed by atoms with Gasteiger partial charge in [0.15, 0.2) is 9.84 Å². The molecule has 0 bridgehead atoms. The van der Waals surface area contributed by atoms with Crippen molar-refractivity contribution in [2.24, 2.45) is 0 Å². The number of H-pyrrole nitrogens is 1. The Balaban J connectivity index is 1.92. The molecule has 0 aliphatic rings. The highest BCUT2D eigenvalue weighted by Gasteiger charge is 2.09. The molecule has 8 heteroatoms. The van der Waals surface area contributed by atoms with Gasteiger partial charge in [0.05, 0.1) is 4.90 Å². The Bertz CT molecular complexity index is 678. The highest BCUT2D eigenvalue weighted by molar-refractivity contribution is 7.90. The van der Waals surface area contributed by atoms with Crippen LogP contribution in [-0.4, -0.2) is 42.3 Å². The zero-order valence-electron chi connectivity index (χ0n) is 10.8. The number of amides is 1. The third-order valence-electron chi connectivity index (χ3n) is 2.66. The molecule has 20 heavy (non-hydrogen) atoms. The van der Waals surface area contributed by atoms with E-state index in [1.54, 1.807) is 0 Å². The summed E-state index contributed by atoms with van der Waals surface area (Å²) in [7, 11) is -3.24. The van der Waals surface area contributed by atoms with E-state index in [4.69, 9.17) is 0 Å². The fraction of sp³-hybridized carbons (Fsp3) is 0.250. The van der Waals surface area contributed by atoms with E-state index >= 15 is 0 Å². The smallest absolute Gasteiger partial charge is 0.251 e. The van der Waals surface area contributed by atoms with Crippen LogP contribution in [0.2, 0.25) is 0 Å². The predicted molar refractivity (Wildman–Crippen MR) is 72.0 cm³/mol. The van der Waals surface area contributed by atoms with Crippen molar-refractivity contribution >= 4 is 15.7 Å². The molecule has 1 aromatic heterocycles. The maximum Gasteiger partial charge on any atom is 0.251 e. The lowest BCUT2D eigenvalue weighted by Gasteiger charge is -2.05. The van der Waals surface area contributed by atoms with Crippen LogP contribution in [0.3, 0.4) is 0 Å². The first kappa shape index (κ1) is 14.2. The number of hydrogen-bond donors (Lipinski definition) is 2. The van der Waals surface area contributed by atoms with Gasteiger partial charge in [0.1, 0.15) is 12.2 Å². The van der Waals surface area contributed by atoms with Gasteiger partial charge in [-0.05, 0) is 24.3 Å². The second kappa shape index (κ2) is 5.83. The second-order valence-electron chi connectivity index (χ2n) is 4.23. The monoisotopic (exact) mass is 294 g/mol. The number of hydrogen-bond acceptors (Lipinski definition) is 5. The lowest BCUT2D eigenvalue weighted by molar-refractivity contribution is 0.0954. The lowest BCUT2D eigenvalue weighted by atomic mass is 10.2. The van der Waals surface area contributed by atoms with E-state index in [1.165, 1.54) is 30.6 Å². The van der Waals surface area contributed by atoms with Gasteiger partial charge in [-0.15, -0.1) is 0 Å². The number of aromatic nitrogens is 3. The normalized spacial score (nSPS) is 11.2. The molecule has 0 aliphatic carbocycles. The Morgan fingerprint density at radius 2 is 2.00 bits per heavy atom. The summed E-state index contributed by atoms with van der Waals surface area (Å²) < 4.78 is 22.6. The molecule has 0 fully saturated rings. The molecule has 0 saturated heterocycles. The standard InChI is InChI=1S/C12H14N4O3S/c1-20(18,19)10-4-2-9(3-5-10)12(17)13-7-6-11-14-8-15-16-11/h2-5,8H,6-7H2,1H3,(H,13,17)(H,14,15,16). The van der Waals surface area contributed by atoms with Crippen LogP contribution in [0, 0.1) is 0 Å². The van der Waals surface area contributed by atoms with Crippen molar-refractivity contribution in [3.8, 4) is 0 Å². The summed E-state index contributed by atoms with van der Waals surface area (Å²) in [6.45, 7) is 0.419. The molecule has 7 nitrogen and oxygen atoms in total. The molecular weight excluding hydrogens is 280 g/mol. The zero-order chi connectivity index (χ0) is 14.6. The summed E-state index contributed by atoms with van der Waals surface area (Å²) in [6, 6.07) is 5.81. The van der Waals surface area contributed by atoms with Crippen LogP contribution >= 0.6 is 0 Å². The van der Waals surface area contributed by atoms with Crippen LogP contribution in [0.5, 0.6) is 0 Å². The minimum atomic E-state index is -3.24. The predicted octanol–water partition coefficient (Wildman–Crippen LogP) is 0.181. The van der Waals surface area contributed by atoms with E-state index in [9.17, 15) is 13.2 Å². The van der Waals surface area contributed by atoms with Gasteiger partial charge >= 0.3 is 0 Å². The van der Waals surface area contributed by atoms with Crippen molar-refractivity contribution in [2.45, 2.75) is 11.3 Å². The quantitative estimate of drug-likeness (QED) is 0.818. The van der Waals surface area contributed by atoms with E-state index < -0.39 is 9.84 Å². The first-order chi connectivity index (χ1) is 9.47. The number of carbonyl (C=O) groups excluding carboxylic acids is 1. The Morgan fingerprint density at radius 3 is 2.55 bits per heavy atom. The van der Waals surface area contributed by atoms with Crippen LogP contribution in [0.25, 0.3) is 0 Å². The average molecular weight is 294 g/mol. The Labute approximate surface area is 116 Å². The molecule has 0 aliphatic heterocycles. The molecule has 2 aromatic rings. The SMILES string of the molecule is CS(=O)(=O)c1ccc(C(=O)NCCc2ncn[nH]2)cc1. The summed E-state index contributed by atoms with van der Waals surface area (Å²) in [5.74, 6) is 0.433. The summed E-state index contributed by atoms with van der Waals surface area (Å²) in [5, 5.41) is 9.12. The maximum absolute atomic E-state index is 11.8. The van der Waals surface area contributed by atoms with Crippen LogP contribution in [-0.2, 0) is 16.3 Å². The summed E-state index contributed by atoms with van der Waals surface area (Å²) in [6.07, 6.45) is 3.08. The van der Waals surface area contributed by atoms with E-state index in [0.717, 1.165) is 6.26 Å². The third-order valence-corrected chi connectivity index (χ3v) is 3.79. The van der Waals surface area contributed by atoms with Crippen molar-refractivity contribution in [1.82, 2.24) is 20.5 Å². The second-order valence-corrected chi connectivity index (χ2v) is 6.25. The maximum atomic E-state index is 11.8. The van der Waals surface area contributed by atoms with Crippen LogP contribution in [0.15, 0.2) is 35.5 Å². The van der Waals surface area contributed by atoms with Gasteiger partial charge in [-0.1, -0.05) is 0 Å². The Morgan fingerprint density at radius 1 is 1.30 bits per heavy atom. The number of aromatic amines is 1. The van der Waals surface area contributed by atoms with E-state index in [1.807, 2.05) is 0 Å². The first-order valence-corrected chi connectivity index (χ1v) is 7.78. The van der Waals surface area contributed by atoms with Gasteiger partial charge in [-0.2, -0.15) is 5.10 Å². The van der Waals surface area contributed by atoms with Gasteiger partial charge in [-0.3, -0.25) is 9.89 Å². The minimum Gasteiger partial charge on any atom is -0.352 e. The van der Waals surface area contributed by atoms with Gasteiger partial charge in [-0.25, -0.2) is 13.4 Å². The molecule has 0 unspecified atom stereocenters. The fourth-order valence-corrected chi connectivity index (χ4v) is 2.23. The van der Waals surface area contributed by atoms with Crippen LogP contribution in [0.1, 0.15) is 16.2 Å². The number of rotatable bonds is 5. The van der Waals surface area contributed by atoms with E-state index in [0.29, 0.717) is 24.4 Å². The molecule has 0 spiro atoms. The van der Waals surface area contributed by atoms with Gasteiger partial charge < -0.3 is 5.32 Å². The van der Waals surface area contributed by atoms with Crippen LogP contribution < -0.4 is 5.32 Å². The molecule has 2 N–H and O–H groups in total. The summed E-state index contributed by atoms with van der Waals surface area (Å²) in [5.41, 5.74) is 0.412. The topological polar surface area (TPSA) is 105 Å². The largest absolute Gasteiger partial charge is 0.352 e. The number of nitrogens with one attached hydrogen (secondary N) is 2. The first-order valence-electron chi connectivity index (χ1n) is 5.89. The van der Waals surface area contributed by atoms with Crippen molar-refractivity contribution in [1.29, 1.82) is 0 Å². The molecule has 1 amide bonds. The summed E-state index contributed by atoms with van der Waals surface area (Å²) in [4.78, 5) is 16.0. The Hall–Kier alpha value is -2.22. The minimum absolute atomic E-state index is 0.190. The summed E-state index contributed by atoms with van der Waals surface area (Å²) >= 11 is 0. The highest BCUT2D eigenvalue weighted by atomic mass is 32.2. The Kier molecular flexibility index (Phi) is 4.14. The molecular formula is C12H14N4O3S. The molecule has 0 atom stereocenters. The number of nitrogens with zero attached hydrogens (tertiary/aromatic N) is 2. The molecule has 2 rings (SSSR count). The van der Waals surface area contributed by atoms with E-state index in [-0.39, 0.29) is 10.8 Å². The van der Waals surface area contributed by atoms with Crippen LogP contribution in [0.4, 0.5) is 0 Å². The molecule has 1 aromatic carbocycles. The third kappa shape index (κ3) is 3.64. The molecule has 0 radical (unpaired) electrons.